The predicted molar refractivity (Wildman–Crippen MR) is 53.4 cm³/mol. The number of imidazole rings is 1. The minimum absolute atomic E-state index is 0.134. The Hall–Kier alpha value is -1.61. The number of rotatable bonds is 1. The van der Waals surface area contributed by atoms with Crippen LogP contribution in [0.5, 0.6) is 0 Å². The van der Waals surface area contributed by atoms with E-state index in [4.69, 9.17) is 11.6 Å². The third-order valence-corrected chi connectivity index (χ3v) is 2.05. The second kappa shape index (κ2) is 3.64. The van der Waals surface area contributed by atoms with Crippen molar-refractivity contribution in [2.24, 2.45) is 0 Å². The van der Waals surface area contributed by atoms with E-state index in [1.54, 1.807) is 36.7 Å². The molecule has 2 rings (SSSR count). The number of aromatic nitrogens is 2. The van der Waals surface area contributed by atoms with Crippen LogP contribution < -0.4 is 0 Å². The number of benzene rings is 1. The monoisotopic (exact) mass is 206 g/mol. The fourth-order valence-electron chi connectivity index (χ4n) is 1.15. The highest BCUT2D eigenvalue weighted by atomic mass is 35.5. The number of carbonyl (C=O) groups excluding carboxylic acids is 1. The molecule has 4 heteroatoms. The molecule has 0 aliphatic rings. The van der Waals surface area contributed by atoms with Crippen molar-refractivity contribution in [3.63, 3.8) is 0 Å². The summed E-state index contributed by atoms with van der Waals surface area (Å²) >= 11 is 5.77. The van der Waals surface area contributed by atoms with E-state index in [0.717, 1.165) is 0 Å². The smallest absolute Gasteiger partial charge is 0.263 e. The highest BCUT2D eigenvalue weighted by molar-refractivity contribution is 6.30. The minimum Gasteiger partial charge on any atom is -0.272 e. The molecule has 0 fully saturated rings. The van der Waals surface area contributed by atoms with Gasteiger partial charge in [-0.1, -0.05) is 17.7 Å². The van der Waals surface area contributed by atoms with E-state index in [-0.39, 0.29) is 5.91 Å². The maximum absolute atomic E-state index is 11.7. The number of nitrogens with zero attached hydrogens (tertiary/aromatic N) is 2. The van der Waals surface area contributed by atoms with Crippen LogP contribution in [0.15, 0.2) is 43.0 Å². The Morgan fingerprint density at radius 2 is 2.29 bits per heavy atom. The number of carbonyl (C=O) groups is 1. The van der Waals surface area contributed by atoms with Gasteiger partial charge in [-0.3, -0.25) is 9.36 Å². The molecule has 0 radical (unpaired) electrons. The molecule has 0 N–H and O–H groups in total. The lowest BCUT2D eigenvalue weighted by atomic mass is 10.2. The fraction of sp³-hybridized carbons (Fsp3) is 0. The molecular formula is C10H7ClN2O. The molecule has 1 heterocycles. The summed E-state index contributed by atoms with van der Waals surface area (Å²) in [7, 11) is 0. The Labute approximate surface area is 86.0 Å². The quantitative estimate of drug-likeness (QED) is 0.717. The molecule has 0 aliphatic carbocycles. The van der Waals surface area contributed by atoms with E-state index in [1.807, 2.05) is 0 Å². The lowest BCUT2D eigenvalue weighted by molar-refractivity contribution is 0.0960. The standard InChI is InChI=1S/C10H7ClN2O/c11-9-3-1-2-8(6-9)10(14)13-5-4-12-7-13/h1-7H. The maximum atomic E-state index is 11.7. The van der Waals surface area contributed by atoms with E-state index in [9.17, 15) is 4.79 Å². The third kappa shape index (κ3) is 1.67. The first-order chi connectivity index (χ1) is 6.77. The molecule has 2 aromatic rings. The van der Waals surface area contributed by atoms with Gasteiger partial charge in [-0.05, 0) is 18.2 Å². The molecule has 3 nitrogen and oxygen atoms in total. The first-order valence-corrected chi connectivity index (χ1v) is 4.43. The molecule has 0 atom stereocenters. The zero-order chi connectivity index (χ0) is 9.97. The van der Waals surface area contributed by atoms with Gasteiger partial charge in [0.1, 0.15) is 6.33 Å². The van der Waals surface area contributed by atoms with Crippen LogP contribution in [0, 0.1) is 0 Å². The average molecular weight is 207 g/mol. The van der Waals surface area contributed by atoms with E-state index >= 15 is 0 Å². The van der Waals surface area contributed by atoms with E-state index < -0.39 is 0 Å². The summed E-state index contributed by atoms with van der Waals surface area (Å²) in [4.78, 5) is 15.5. The summed E-state index contributed by atoms with van der Waals surface area (Å²) in [5.41, 5.74) is 0.551. The van der Waals surface area contributed by atoms with Gasteiger partial charge in [-0.25, -0.2) is 4.98 Å². The maximum Gasteiger partial charge on any atom is 0.263 e. The van der Waals surface area contributed by atoms with Gasteiger partial charge in [-0.2, -0.15) is 0 Å². The molecule has 70 valence electrons. The van der Waals surface area contributed by atoms with Crippen LogP contribution in [0.1, 0.15) is 10.4 Å². The Morgan fingerprint density at radius 1 is 1.43 bits per heavy atom. The van der Waals surface area contributed by atoms with Gasteiger partial charge in [0.2, 0.25) is 0 Å². The predicted octanol–water partition coefficient (Wildman–Crippen LogP) is 2.22. The molecule has 0 unspecified atom stereocenters. The van der Waals surface area contributed by atoms with Crippen LogP contribution in [0.4, 0.5) is 0 Å². The number of hydrogen-bond donors (Lipinski definition) is 0. The number of halogens is 1. The van der Waals surface area contributed by atoms with E-state index in [2.05, 4.69) is 4.98 Å². The first-order valence-electron chi connectivity index (χ1n) is 4.05. The Kier molecular flexibility index (Phi) is 2.33. The number of hydrogen-bond acceptors (Lipinski definition) is 2. The first kappa shape index (κ1) is 8.97. The summed E-state index contributed by atoms with van der Waals surface area (Å²) in [6, 6.07) is 6.82. The third-order valence-electron chi connectivity index (χ3n) is 1.81. The van der Waals surface area contributed by atoms with Gasteiger partial charge in [0.05, 0.1) is 0 Å². The van der Waals surface area contributed by atoms with Crippen LogP contribution in [-0.4, -0.2) is 15.5 Å². The van der Waals surface area contributed by atoms with Crippen molar-refractivity contribution in [2.45, 2.75) is 0 Å². The van der Waals surface area contributed by atoms with E-state index in [0.29, 0.717) is 10.6 Å². The van der Waals surface area contributed by atoms with Gasteiger partial charge in [-0.15, -0.1) is 0 Å². The van der Waals surface area contributed by atoms with Crippen molar-refractivity contribution in [1.82, 2.24) is 9.55 Å². The fourth-order valence-corrected chi connectivity index (χ4v) is 1.34. The SMILES string of the molecule is O=C(c1cccc(Cl)c1)n1ccnc1. The lowest BCUT2D eigenvalue weighted by Gasteiger charge is -2.00. The molecule has 1 aromatic carbocycles. The van der Waals surface area contributed by atoms with Crippen LogP contribution in [0.3, 0.4) is 0 Å². The average Bonchev–Trinajstić information content (AvgIpc) is 2.69. The highest BCUT2D eigenvalue weighted by Gasteiger charge is 2.06. The van der Waals surface area contributed by atoms with Gasteiger partial charge in [0.15, 0.2) is 0 Å². The molecule has 0 saturated carbocycles. The summed E-state index contributed by atoms with van der Waals surface area (Å²) < 4.78 is 1.41. The summed E-state index contributed by atoms with van der Waals surface area (Å²) in [6.45, 7) is 0. The van der Waals surface area contributed by atoms with E-state index in [1.165, 1.54) is 10.9 Å². The van der Waals surface area contributed by atoms with Crippen molar-refractivity contribution in [1.29, 1.82) is 0 Å². The van der Waals surface area contributed by atoms with Crippen molar-refractivity contribution in [3.8, 4) is 0 Å². The second-order valence-electron chi connectivity index (χ2n) is 2.79. The minimum atomic E-state index is -0.134. The molecule has 14 heavy (non-hydrogen) atoms. The van der Waals surface area contributed by atoms with Crippen molar-refractivity contribution in [2.75, 3.05) is 0 Å². The topological polar surface area (TPSA) is 34.9 Å². The molecule has 0 saturated heterocycles. The Balaban J connectivity index is 2.37. The molecule has 0 spiro atoms. The van der Waals surface area contributed by atoms with Crippen LogP contribution >= 0.6 is 11.6 Å². The highest BCUT2D eigenvalue weighted by Crippen LogP contribution is 2.11. The zero-order valence-electron chi connectivity index (χ0n) is 7.22. The van der Waals surface area contributed by atoms with Crippen molar-refractivity contribution in [3.05, 3.63) is 53.6 Å². The molecule has 1 aromatic heterocycles. The van der Waals surface area contributed by atoms with Gasteiger partial charge < -0.3 is 0 Å². The summed E-state index contributed by atoms with van der Waals surface area (Å²) in [5.74, 6) is -0.134. The van der Waals surface area contributed by atoms with Gasteiger partial charge >= 0.3 is 0 Å². The summed E-state index contributed by atoms with van der Waals surface area (Å²) in [5, 5.41) is 0.552. The molecule has 0 bridgehead atoms. The van der Waals surface area contributed by atoms with Crippen LogP contribution in [0.2, 0.25) is 5.02 Å². The van der Waals surface area contributed by atoms with Crippen molar-refractivity contribution >= 4 is 17.5 Å². The van der Waals surface area contributed by atoms with Crippen LogP contribution in [0.25, 0.3) is 0 Å². The van der Waals surface area contributed by atoms with Crippen LogP contribution in [-0.2, 0) is 0 Å². The molecule has 0 aliphatic heterocycles. The molecular weight excluding hydrogens is 200 g/mol. The lowest BCUT2D eigenvalue weighted by Crippen LogP contribution is -2.09. The zero-order valence-corrected chi connectivity index (χ0v) is 7.98. The normalized spacial score (nSPS) is 10.1. The van der Waals surface area contributed by atoms with Gasteiger partial charge in [0.25, 0.3) is 5.91 Å². The Morgan fingerprint density at radius 3 is 2.93 bits per heavy atom. The Bertz CT molecular complexity index is 451. The largest absolute Gasteiger partial charge is 0.272 e. The second-order valence-corrected chi connectivity index (χ2v) is 3.22. The van der Waals surface area contributed by atoms with Crippen molar-refractivity contribution < 1.29 is 4.79 Å². The summed E-state index contributed by atoms with van der Waals surface area (Å²) in [6.07, 6.45) is 4.62. The van der Waals surface area contributed by atoms with Gasteiger partial charge in [0, 0.05) is 23.0 Å². The molecule has 0 amide bonds.